The molecule has 3 atom stereocenters. The lowest BCUT2D eigenvalue weighted by atomic mass is 9.78. The lowest BCUT2D eigenvalue weighted by Crippen LogP contribution is -2.44. The molecule has 27 heavy (non-hydrogen) atoms. The number of nitrogens with zero attached hydrogens (tertiary/aromatic N) is 3. The Bertz CT molecular complexity index is 983. The van der Waals surface area contributed by atoms with Gasteiger partial charge in [-0.05, 0) is 42.9 Å². The molecule has 1 N–H and O–H groups in total. The summed E-state index contributed by atoms with van der Waals surface area (Å²) in [6.45, 7) is 6.62. The van der Waals surface area contributed by atoms with Gasteiger partial charge in [0.25, 0.3) is 0 Å². The summed E-state index contributed by atoms with van der Waals surface area (Å²) in [7, 11) is 0. The molecule has 2 heterocycles. The van der Waals surface area contributed by atoms with Gasteiger partial charge in [0.2, 0.25) is 5.91 Å². The molecule has 3 aromatic rings. The lowest BCUT2D eigenvalue weighted by molar-refractivity contribution is -0.120. The number of aromatic nitrogens is 3. The summed E-state index contributed by atoms with van der Waals surface area (Å²) < 4.78 is 2.05. The summed E-state index contributed by atoms with van der Waals surface area (Å²) >= 11 is 1.45. The maximum atomic E-state index is 12.5. The van der Waals surface area contributed by atoms with Crippen LogP contribution in [-0.4, -0.2) is 32.3 Å². The van der Waals surface area contributed by atoms with Gasteiger partial charge in [0.15, 0.2) is 10.8 Å². The monoisotopic (exact) mass is 382 g/mol. The molecule has 6 heteroatoms. The van der Waals surface area contributed by atoms with E-state index < -0.39 is 0 Å². The van der Waals surface area contributed by atoms with Crippen molar-refractivity contribution in [3.05, 3.63) is 35.9 Å². The quantitative estimate of drug-likeness (QED) is 0.686. The van der Waals surface area contributed by atoms with E-state index in [1.165, 1.54) is 35.6 Å². The zero-order valence-electron chi connectivity index (χ0n) is 16.1. The first-order valence-corrected chi connectivity index (χ1v) is 10.7. The predicted octanol–water partition coefficient (Wildman–Crippen LogP) is 4.22. The van der Waals surface area contributed by atoms with E-state index in [1.807, 2.05) is 22.6 Å². The summed E-state index contributed by atoms with van der Waals surface area (Å²) in [5.74, 6) is 1.65. The number of para-hydroxylation sites is 1. The molecule has 1 amide bonds. The van der Waals surface area contributed by atoms with Crippen LogP contribution >= 0.6 is 11.8 Å². The molecule has 1 aliphatic carbocycles. The van der Waals surface area contributed by atoms with Gasteiger partial charge in [0.1, 0.15) is 0 Å². The van der Waals surface area contributed by atoms with Gasteiger partial charge in [-0.2, -0.15) is 0 Å². The third-order valence-electron chi connectivity index (χ3n) is 5.96. The van der Waals surface area contributed by atoms with Crippen LogP contribution in [0.15, 0.2) is 35.5 Å². The number of hydrogen-bond donors (Lipinski definition) is 1. The van der Waals surface area contributed by atoms with Crippen molar-refractivity contribution in [3.8, 4) is 0 Å². The molecule has 0 bridgehead atoms. The number of aryl methyl sites for hydroxylation is 1. The fourth-order valence-electron chi connectivity index (χ4n) is 4.13. The van der Waals surface area contributed by atoms with Crippen molar-refractivity contribution < 1.29 is 4.79 Å². The largest absolute Gasteiger partial charge is 0.352 e. The zero-order chi connectivity index (χ0) is 19.0. The third-order valence-corrected chi connectivity index (χ3v) is 6.89. The number of pyridine rings is 1. The minimum atomic E-state index is 0.0825. The van der Waals surface area contributed by atoms with Crippen molar-refractivity contribution in [3.63, 3.8) is 0 Å². The van der Waals surface area contributed by atoms with Crippen molar-refractivity contribution in [1.29, 1.82) is 0 Å². The van der Waals surface area contributed by atoms with Gasteiger partial charge in [-0.3, -0.25) is 9.20 Å². The van der Waals surface area contributed by atoms with Gasteiger partial charge >= 0.3 is 0 Å². The van der Waals surface area contributed by atoms with E-state index in [9.17, 15) is 4.79 Å². The Labute approximate surface area is 163 Å². The second kappa shape index (κ2) is 7.50. The number of amides is 1. The van der Waals surface area contributed by atoms with Gasteiger partial charge in [-0.15, -0.1) is 10.2 Å². The lowest BCUT2D eigenvalue weighted by Gasteiger charge is -2.34. The van der Waals surface area contributed by atoms with Gasteiger partial charge in [-0.1, -0.05) is 56.7 Å². The molecule has 0 saturated heterocycles. The molecule has 1 aliphatic rings. The Hall–Kier alpha value is -2.08. The number of nitrogens with one attached hydrogen (secondary N) is 1. The number of carbonyl (C=O) groups is 1. The van der Waals surface area contributed by atoms with Crippen molar-refractivity contribution in [2.75, 3.05) is 5.75 Å². The highest BCUT2D eigenvalue weighted by Crippen LogP contribution is 2.30. The first-order chi connectivity index (χ1) is 13.0. The van der Waals surface area contributed by atoms with E-state index in [4.69, 9.17) is 0 Å². The van der Waals surface area contributed by atoms with Crippen LogP contribution in [0.25, 0.3) is 16.6 Å². The number of thioether (sulfide) groups is 1. The smallest absolute Gasteiger partial charge is 0.230 e. The maximum absolute atomic E-state index is 12.5. The summed E-state index contributed by atoms with van der Waals surface area (Å²) in [6.07, 6.45) is 3.55. The Morgan fingerprint density at radius 2 is 2.07 bits per heavy atom. The summed E-state index contributed by atoms with van der Waals surface area (Å²) in [5.41, 5.74) is 3.08. The molecule has 1 aromatic carbocycles. The Morgan fingerprint density at radius 3 is 2.93 bits per heavy atom. The van der Waals surface area contributed by atoms with Gasteiger partial charge < -0.3 is 5.32 Å². The highest BCUT2D eigenvalue weighted by atomic mass is 32.2. The standard InChI is InChI=1S/C21H26N4OS/c1-13-7-6-9-17(15(13)3)22-20(26)12-27-21-24-23-19-11-14(2)16-8-4-5-10-18(16)25(19)21/h4-5,8,10-11,13,15,17H,6-7,9,12H2,1-3H3,(H,22,26)/t13-,15-,17-/m1/s1. The van der Waals surface area contributed by atoms with Crippen molar-refractivity contribution in [1.82, 2.24) is 19.9 Å². The predicted molar refractivity (Wildman–Crippen MR) is 110 cm³/mol. The van der Waals surface area contributed by atoms with E-state index in [2.05, 4.69) is 48.4 Å². The average Bonchev–Trinajstić information content (AvgIpc) is 3.07. The average molecular weight is 383 g/mol. The van der Waals surface area contributed by atoms with Crippen molar-refractivity contribution in [2.45, 2.75) is 51.2 Å². The van der Waals surface area contributed by atoms with Crippen LogP contribution in [0, 0.1) is 18.8 Å². The molecule has 0 spiro atoms. The molecular formula is C21H26N4OS. The summed E-state index contributed by atoms with van der Waals surface area (Å²) in [6, 6.07) is 10.6. The second-order valence-corrected chi connectivity index (χ2v) is 8.69. The second-order valence-electron chi connectivity index (χ2n) is 7.75. The Kier molecular flexibility index (Phi) is 5.08. The first kappa shape index (κ1) is 18.3. The molecule has 4 rings (SSSR count). The molecule has 0 unspecified atom stereocenters. The minimum Gasteiger partial charge on any atom is -0.352 e. The molecule has 5 nitrogen and oxygen atoms in total. The Balaban J connectivity index is 1.51. The fourth-order valence-corrected chi connectivity index (χ4v) is 4.90. The summed E-state index contributed by atoms with van der Waals surface area (Å²) in [4.78, 5) is 12.5. The molecule has 1 fully saturated rings. The molecule has 0 radical (unpaired) electrons. The fraction of sp³-hybridized carbons (Fsp3) is 0.476. The highest BCUT2D eigenvalue weighted by molar-refractivity contribution is 7.99. The van der Waals surface area contributed by atoms with Crippen LogP contribution in [0.1, 0.15) is 38.7 Å². The minimum absolute atomic E-state index is 0.0825. The van der Waals surface area contributed by atoms with Crippen molar-refractivity contribution >= 4 is 34.2 Å². The number of carbonyl (C=O) groups excluding carboxylic acids is 1. The van der Waals surface area contributed by atoms with Crippen LogP contribution < -0.4 is 5.32 Å². The first-order valence-electron chi connectivity index (χ1n) is 9.70. The normalized spacial score (nSPS) is 23.0. The zero-order valence-corrected chi connectivity index (χ0v) is 16.9. The van der Waals surface area contributed by atoms with Gasteiger partial charge in [0, 0.05) is 11.4 Å². The molecule has 1 saturated carbocycles. The molecule has 0 aliphatic heterocycles. The van der Waals surface area contributed by atoms with Crippen LogP contribution in [0.5, 0.6) is 0 Å². The van der Waals surface area contributed by atoms with Crippen molar-refractivity contribution in [2.24, 2.45) is 11.8 Å². The van der Waals surface area contributed by atoms with E-state index in [0.29, 0.717) is 23.6 Å². The number of benzene rings is 1. The summed E-state index contributed by atoms with van der Waals surface area (Å²) in [5, 5.41) is 13.8. The topological polar surface area (TPSA) is 59.3 Å². The third kappa shape index (κ3) is 3.55. The van der Waals surface area contributed by atoms with E-state index >= 15 is 0 Å². The Morgan fingerprint density at radius 1 is 1.26 bits per heavy atom. The van der Waals surface area contributed by atoms with Gasteiger partial charge in [0.05, 0.1) is 11.3 Å². The SMILES string of the molecule is Cc1cc2nnc(SCC(=O)N[C@@H]3CCC[C@@H](C)[C@H]3C)n2c2ccccc12. The number of fused-ring (bicyclic) bond motifs is 3. The molecule has 2 aromatic heterocycles. The van der Waals surface area contributed by atoms with E-state index in [1.54, 1.807) is 0 Å². The molecule has 142 valence electrons. The van der Waals surface area contributed by atoms with Crippen LogP contribution in [0.3, 0.4) is 0 Å². The molecular weight excluding hydrogens is 356 g/mol. The van der Waals surface area contributed by atoms with Crippen LogP contribution in [0.4, 0.5) is 0 Å². The number of rotatable bonds is 4. The maximum Gasteiger partial charge on any atom is 0.230 e. The van der Waals surface area contributed by atoms with Gasteiger partial charge in [-0.25, -0.2) is 0 Å². The van der Waals surface area contributed by atoms with Crippen LogP contribution in [0.2, 0.25) is 0 Å². The highest BCUT2D eigenvalue weighted by Gasteiger charge is 2.28. The van der Waals surface area contributed by atoms with E-state index in [0.717, 1.165) is 22.7 Å². The van der Waals surface area contributed by atoms with E-state index in [-0.39, 0.29) is 5.91 Å². The number of hydrogen-bond acceptors (Lipinski definition) is 4. The van der Waals surface area contributed by atoms with Crippen LogP contribution in [-0.2, 0) is 4.79 Å².